The second kappa shape index (κ2) is 5.32. The summed E-state index contributed by atoms with van der Waals surface area (Å²) < 4.78 is 10.8. The van der Waals surface area contributed by atoms with Crippen molar-refractivity contribution in [3.05, 3.63) is 29.8 Å². The molecule has 0 aliphatic carbocycles. The molecule has 16 heavy (non-hydrogen) atoms. The molecule has 0 bridgehead atoms. The molecule has 2 unspecified atom stereocenters. The van der Waals surface area contributed by atoms with Crippen molar-refractivity contribution in [1.82, 2.24) is 0 Å². The van der Waals surface area contributed by atoms with E-state index in [4.69, 9.17) is 9.47 Å². The molecule has 1 aliphatic heterocycles. The first-order valence-electron chi connectivity index (χ1n) is 5.71. The Hall–Kier alpha value is -1.06. The normalized spacial score (nSPS) is 22.0. The molecule has 88 valence electrons. The van der Waals surface area contributed by atoms with E-state index in [2.05, 4.69) is 0 Å². The topological polar surface area (TPSA) is 38.7 Å². The maximum atomic E-state index is 9.90. The van der Waals surface area contributed by atoms with E-state index >= 15 is 0 Å². The molecule has 1 aromatic rings. The Morgan fingerprint density at radius 1 is 1.50 bits per heavy atom. The molecular formula is C13H18O3. The highest BCUT2D eigenvalue weighted by atomic mass is 16.5. The summed E-state index contributed by atoms with van der Waals surface area (Å²) in [6, 6.07) is 7.84. The first-order chi connectivity index (χ1) is 7.77. The van der Waals surface area contributed by atoms with Crippen LogP contribution >= 0.6 is 0 Å². The lowest BCUT2D eigenvalue weighted by Crippen LogP contribution is -2.27. The third kappa shape index (κ3) is 2.74. The number of para-hydroxylation sites is 1. The number of aliphatic hydroxyl groups excluding tert-OH is 1. The second-order valence-electron chi connectivity index (χ2n) is 4.27. The predicted octanol–water partition coefficient (Wildman–Crippen LogP) is 1.77. The van der Waals surface area contributed by atoms with Crippen LogP contribution in [0.15, 0.2) is 24.3 Å². The zero-order valence-electron chi connectivity index (χ0n) is 9.56. The minimum Gasteiger partial charge on any atom is -0.491 e. The summed E-state index contributed by atoms with van der Waals surface area (Å²) in [5.74, 6) is 1.07. The summed E-state index contributed by atoms with van der Waals surface area (Å²) in [6.07, 6.45) is 0.500. The van der Waals surface area contributed by atoms with Crippen molar-refractivity contribution < 1.29 is 14.6 Å². The molecule has 1 aliphatic rings. The van der Waals surface area contributed by atoms with Crippen molar-refractivity contribution in [3.8, 4) is 5.75 Å². The van der Waals surface area contributed by atoms with E-state index in [0.29, 0.717) is 13.2 Å². The zero-order chi connectivity index (χ0) is 11.4. The smallest absolute Gasteiger partial charge is 0.122 e. The van der Waals surface area contributed by atoms with Gasteiger partial charge in [0.2, 0.25) is 0 Å². The molecule has 1 fully saturated rings. The van der Waals surface area contributed by atoms with Gasteiger partial charge in [0, 0.05) is 12.5 Å². The summed E-state index contributed by atoms with van der Waals surface area (Å²) >= 11 is 0. The first kappa shape index (κ1) is 11.4. The van der Waals surface area contributed by atoms with Crippen molar-refractivity contribution in [2.45, 2.75) is 19.4 Å². The highest BCUT2D eigenvalue weighted by Gasteiger charge is 2.24. The van der Waals surface area contributed by atoms with E-state index < -0.39 is 6.10 Å². The van der Waals surface area contributed by atoms with Crippen LogP contribution in [-0.4, -0.2) is 31.0 Å². The fraction of sp³-hybridized carbons (Fsp3) is 0.538. The molecule has 0 saturated carbocycles. The van der Waals surface area contributed by atoms with Gasteiger partial charge in [-0.2, -0.15) is 0 Å². The Morgan fingerprint density at radius 2 is 2.31 bits per heavy atom. The highest BCUT2D eigenvalue weighted by Crippen LogP contribution is 2.20. The van der Waals surface area contributed by atoms with Gasteiger partial charge in [0.05, 0.1) is 12.7 Å². The summed E-state index contributed by atoms with van der Waals surface area (Å²) in [5, 5.41) is 9.90. The number of hydrogen-bond acceptors (Lipinski definition) is 3. The van der Waals surface area contributed by atoms with Crippen LogP contribution in [0.3, 0.4) is 0 Å². The average molecular weight is 222 g/mol. The minimum absolute atomic E-state index is 0.226. The number of aryl methyl sites for hydroxylation is 1. The maximum Gasteiger partial charge on any atom is 0.122 e. The summed E-state index contributed by atoms with van der Waals surface area (Å²) in [6.45, 7) is 3.75. The van der Waals surface area contributed by atoms with Gasteiger partial charge in [-0.25, -0.2) is 0 Å². The monoisotopic (exact) mass is 222 g/mol. The molecule has 3 heteroatoms. The Kier molecular flexibility index (Phi) is 3.80. The standard InChI is InChI=1S/C13H18O3/c1-10-4-2-3-5-13(10)16-9-12(14)11-6-7-15-8-11/h2-5,11-12,14H,6-9H2,1H3. The van der Waals surface area contributed by atoms with Gasteiger partial charge in [0.25, 0.3) is 0 Å². The Morgan fingerprint density at radius 3 is 3.00 bits per heavy atom. The third-order valence-electron chi connectivity index (χ3n) is 3.01. The second-order valence-corrected chi connectivity index (χ2v) is 4.27. The summed E-state index contributed by atoms with van der Waals surface area (Å²) in [7, 11) is 0. The Labute approximate surface area is 96.0 Å². The van der Waals surface area contributed by atoms with Crippen molar-refractivity contribution in [1.29, 1.82) is 0 Å². The van der Waals surface area contributed by atoms with Crippen LogP contribution in [0.25, 0.3) is 0 Å². The quantitative estimate of drug-likeness (QED) is 0.843. The largest absolute Gasteiger partial charge is 0.491 e. The molecule has 3 nitrogen and oxygen atoms in total. The van der Waals surface area contributed by atoms with Gasteiger partial charge in [-0.1, -0.05) is 18.2 Å². The molecule has 2 rings (SSSR count). The molecule has 0 aromatic heterocycles. The van der Waals surface area contributed by atoms with Crippen LogP contribution in [0.2, 0.25) is 0 Å². The van der Waals surface area contributed by atoms with Gasteiger partial charge >= 0.3 is 0 Å². The van der Waals surface area contributed by atoms with Gasteiger partial charge in [0.15, 0.2) is 0 Å². The third-order valence-corrected chi connectivity index (χ3v) is 3.01. The molecule has 0 amide bonds. The maximum absolute atomic E-state index is 9.90. The molecule has 1 heterocycles. The molecule has 1 aromatic carbocycles. The van der Waals surface area contributed by atoms with E-state index in [9.17, 15) is 5.11 Å². The zero-order valence-corrected chi connectivity index (χ0v) is 9.56. The lowest BCUT2D eigenvalue weighted by Gasteiger charge is -2.17. The van der Waals surface area contributed by atoms with E-state index in [-0.39, 0.29) is 5.92 Å². The van der Waals surface area contributed by atoms with Crippen molar-refractivity contribution in [2.24, 2.45) is 5.92 Å². The van der Waals surface area contributed by atoms with Crippen LogP contribution in [0.4, 0.5) is 0 Å². The SMILES string of the molecule is Cc1ccccc1OCC(O)C1CCOC1. The Bertz CT molecular complexity index is 332. The fourth-order valence-corrected chi connectivity index (χ4v) is 1.89. The molecule has 0 radical (unpaired) electrons. The number of rotatable bonds is 4. The van der Waals surface area contributed by atoms with E-state index in [1.807, 2.05) is 31.2 Å². The van der Waals surface area contributed by atoms with E-state index in [1.54, 1.807) is 0 Å². The van der Waals surface area contributed by atoms with E-state index in [1.165, 1.54) is 0 Å². The predicted molar refractivity (Wildman–Crippen MR) is 61.6 cm³/mol. The molecular weight excluding hydrogens is 204 g/mol. The van der Waals surface area contributed by atoms with Crippen LogP contribution in [0.1, 0.15) is 12.0 Å². The number of benzene rings is 1. The van der Waals surface area contributed by atoms with Gasteiger partial charge in [-0.3, -0.25) is 0 Å². The van der Waals surface area contributed by atoms with Crippen molar-refractivity contribution >= 4 is 0 Å². The van der Waals surface area contributed by atoms with Gasteiger partial charge < -0.3 is 14.6 Å². The lowest BCUT2D eigenvalue weighted by atomic mass is 10.0. The first-order valence-corrected chi connectivity index (χ1v) is 5.71. The summed E-state index contributed by atoms with van der Waals surface area (Å²) in [5.41, 5.74) is 1.09. The molecule has 2 atom stereocenters. The van der Waals surface area contributed by atoms with Crippen LogP contribution in [0, 0.1) is 12.8 Å². The van der Waals surface area contributed by atoms with Gasteiger partial charge in [0.1, 0.15) is 12.4 Å². The summed E-state index contributed by atoms with van der Waals surface area (Å²) in [4.78, 5) is 0. The van der Waals surface area contributed by atoms with Crippen LogP contribution in [-0.2, 0) is 4.74 Å². The van der Waals surface area contributed by atoms with Crippen molar-refractivity contribution in [2.75, 3.05) is 19.8 Å². The average Bonchev–Trinajstić information content (AvgIpc) is 2.81. The van der Waals surface area contributed by atoms with Crippen LogP contribution in [0.5, 0.6) is 5.75 Å². The van der Waals surface area contributed by atoms with Crippen molar-refractivity contribution in [3.63, 3.8) is 0 Å². The Balaban J connectivity index is 1.84. The fourth-order valence-electron chi connectivity index (χ4n) is 1.89. The van der Waals surface area contributed by atoms with Gasteiger partial charge in [-0.15, -0.1) is 0 Å². The number of ether oxygens (including phenoxy) is 2. The number of hydrogen-bond donors (Lipinski definition) is 1. The minimum atomic E-state index is -0.429. The van der Waals surface area contributed by atoms with Crippen LogP contribution < -0.4 is 4.74 Å². The van der Waals surface area contributed by atoms with E-state index in [0.717, 1.165) is 24.3 Å². The molecule has 1 N–H and O–H groups in total. The highest BCUT2D eigenvalue weighted by molar-refractivity contribution is 5.31. The van der Waals surface area contributed by atoms with Gasteiger partial charge in [-0.05, 0) is 25.0 Å². The molecule has 0 spiro atoms. The molecule has 1 saturated heterocycles. The number of aliphatic hydroxyl groups is 1. The lowest BCUT2D eigenvalue weighted by molar-refractivity contribution is 0.0497.